The second-order valence-corrected chi connectivity index (χ2v) is 6.38. The van der Waals surface area contributed by atoms with E-state index in [9.17, 15) is 14.3 Å². The van der Waals surface area contributed by atoms with Gasteiger partial charge in [0.15, 0.2) is 0 Å². The molecule has 1 amide bonds. The molecule has 0 saturated heterocycles. The fraction of sp³-hybridized carbons (Fsp3) is 0.462. The summed E-state index contributed by atoms with van der Waals surface area (Å²) in [5.74, 6) is -0.854. The maximum absolute atomic E-state index is 11.6. The Hall–Kier alpha value is -1.45. The second-order valence-electron chi connectivity index (χ2n) is 5.15. The van der Waals surface area contributed by atoms with Gasteiger partial charge in [0.05, 0.1) is 0 Å². The first-order chi connectivity index (χ1) is 8.78. The van der Waals surface area contributed by atoms with Gasteiger partial charge in [-0.25, -0.2) is 4.79 Å². The van der Waals surface area contributed by atoms with Gasteiger partial charge in [-0.3, -0.25) is 5.32 Å². The van der Waals surface area contributed by atoms with E-state index >= 15 is 0 Å². The second kappa shape index (κ2) is 6.64. The molecule has 104 valence electrons. The predicted molar refractivity (Wildman–Crippen MR) is 73.1 cm³/mol. The van der Waals surface area contributed by atoms with Gasteiger partial charge in [0, 0.05) is 6.42 Å². The first-order valence-corrected chi connectivity index (χ1v) is 7.25. The molecule has 0 aromatic heterocycles. The van der Waals surface area contributed by atoms with Crippen molar-refractivity contribution in [3.63, 3.8) is 0 Å². The molecule has 5 nitrogen and oxygen atoms in total. The zero-order valence-electron chi connectivity index (χ0n) is 11.3. The quantitative estimate of drug-likeness (QED) is 0.834. The standard InChI is InChI=1S/C13H18NO4P/c1-13(2,3)18-12(15)14-11(19(16)17)9-10-7-5-4-6-8-10/h4-8,11H,9H2,1-3H3,(H-,14,15,16,17)/p+1/t11-/m1/s1. The van der Waals surface area contributed by atoms with Crippen LogP contribution in [-0.2, 0) is 15.7 Å². The monoisotopic (exact) mass is 284 g/mol. The van der Waals surface area contributed by atoms with Crippen molar-refractivity contribution in [3.05, 3.63) is 35.9 Å². The molecule has 0 radical (unpaired) electrons. The van der Waals surface area contributed by atoms with Crippen molar-refractivity contribution >= 4 is 14.1 Å². The molecule has 6 heteroatoms. The molecular weight excluding hydrogens is 265 g/mol. The average molecular weight is 284 g/mol. The Morgan fingerprint density at radius 1 is 1.37 bits per heavy atom. The topological polar surface area (TPSA) is 75.6 Å². The van der Waals surface area contributed by atoms with Gasteiger partial charge in [0.1, 0.15) is 5.60 Å². The Balaban J connectivity index is 2.64. The number of amides is 1. The number of alkyl carbamates (subject to hydrolysis) is 1. The number of carbonyl (C=O) groups excluding carboxylic acids is 1. The van der Waals surface area contributed by atoms with Gasteiger partial charge in [-0.05, 0) is 30.9 Å². The minimum atomic E-state index is -2.52. The van der Waals surface area contributed by atoms with Crippen molar-refractivity contribution in [2.24, 2.45) is 0 Å². The van der Waals surface area contributed by atoms with Crippen molar-refractivity contribution in [1.82, 2.24) is 5.32 Å². The van der Waals surface area contributed by atoms with Crippen LogP contribution in [0.5, 0.6) is 0 Å². The van der Waals surface area contributed by atoms with E-state index in [-0.39, 0.29) is 6.42 Å². The number of nitrogens with one attached hydrogen (secondary N) is 1. The van der Waals surface area contributed by atoms with Gasteiger partial charge in [-0.15, -0.1) is 0 Å². The summed E-state index contributed by atoms with van der Waals surface area (Å²) >= 11 is 0. The van der Waals surface area contributed by atoms with Crippen LogP contribution in [0.4, 0.5) is 4.79 Å². The fourth-order valence-electron chi connectivity index (χ4n) is 1.47. The molecule has 0 spiro atoms. The highest BCUT2D eigenvalue weighted by Crippen LogP contribution is 2.24. The van der Waals surface area contributed by atoms with Crippen LogP contribution in [0.3, 0.4) is 0 Å². The highest BCUT2D eigenvalue weighted by atomic mass is 31.1. The highest BCUT2D eigenvalue weighted by molar-refractivity contribution is 7.38. The zero-order chi connectivity index (χ0) is 14.5. The summed E-state index contributed by atoms with van der Waals surface area (Å²) in [6.07, 6.45) is -0.406. The van der Waals surface area contributed by atoms with Gasteiger partial charge in [0.25, 0.3) is 5.78 Å². The van der Waals surface area contributed by atoms with Gasteiger partial charge in [-0.1, -0.05) is 30.3 Å². The minimum absolute atomic E-state index is 0.284. The first-order valence-electron chi connectivity index (χ1n) is 5.96. The van der Waals surface area contributed by atoms with Crippen molar-refractivity contribution in [2.75, 3.05) is 0 Å². The third-order valence-electron chi connectivity index (χ3n) is 2.22. The molecule has 0 aliphatic carbocycles. The van der Waals surface area contributed by atoms with Crippen LogP contribution in [0.2, 0.25) is 0 Å². The highest BCUT2D eigenvalue weighted by Gasteiger charge is 2.32. The Morgan fingerprint density at radius 3 is 2.42 bits per heavy atom. The lowest BCUT2D eigenvalue weighted by Crippen LogP contribution is -2.38. The summed E-state index contributed by atoms with van der Waals surface area (Å²) in [5, 5.41) is 2.43. The molecule has 1 unspecified atom stereocenters. The molecular formula is C13H19NO4P+. The van der Waals surface area contributed by atoms with Crippen LogP contribution in [0.1, 0.15) is 26.3 Å². The predicted octanol–water partition coefficient (Wildman–Crippen LogP) is 2.81. The summed E-state index contributed by atoms with van der Waals surface area (Å²) in [6, 6.07) is 9.21. The fourth-order valence-corrected chi connectivity index (χ4v) is 2.05. The van der Waals surface area contributed by atoms with E-state index in [1.165, 1.54) is 0 Å². The van der Waals surface area contributed by atoms with Gasteiger partial charge in [0.2, 0.25) is 0 Å². The van der Waals surface area contributed by atoms with E-state index in [4.69, 9.17) is 4.74 Å². The lowest BCUT2D eigenvalue weighted by molar-refractivity contribution is 0.0518. The van der Waals surface area contributed by atoms with Crippen LogP contribution in [0, 0.1) is 0 Å². The van der Waals surface area contributed by atoms with E-state index in [1.807, 2.05) is 30.3 Å². The van der Waals surface area contributed by atoms with Crippen molar-refractivity contribution in [3.8, 4) is 0 Å². The lowest BCUT2D eigenvalue weighted by Gasteiger charge is -2.20. The van der Waals surface area contributed by atoms with E-state index in [2.05, 4.69) is 5.32 Å². The van der Waals surface area contributed by atoms with Crippen molar-refractivity contribution in [2.45, 2.75) is 38.6 Å². The smallest absolute Gasteiger partial charge is 0.444 e. The van der Waals surface area contributed by atoms with Crippen LogP contribution in [0.25, 0.3) is 0 Å². The van der Waals surface area contributed by atoms with Crippen LogP contribution in [0.15, 0.2) is 30.3 Å². The van der Waals surface area contributed by atoms with Crippen molar-refractivity contribution < 1.29 is 19.0 Å². The Morgan fingerprint density at radius 2 is 1.95 bits per heavy atom. The number of hydrogen-bond donors (Lipinski definition) is 2. The third kappa shape index (κ3) is 6.32. The molecule has 0 heterocycles. The molecule has 0 aliphatic rings. The van der Waals surface area contributed by atoms with Gasteiger partial charge < -0.3 is 4.74 Å². The molecule has 1 aromatic carbocycles. The van der Waals surface area contributed by atoms with E-state index < -0.39 is 25.5 Å². The maximum Gasteiger partial charge on any atom is 0.531 e. The minimum Gasteiger partial charge on any atom is -0.444 e. The molecule has 19 heavy (non-hydrogen) atoms. The molecule has 0 fully saturated rings. The largest absolute Gasteiger partial charge is 0.531 e. The van der Waals surface area contributed by atoms with E-state index in [0.29, 0.717) is 0 Å². The normalized spacial score (nSPS) is 13.6. The molecule has 2 N–H and O–H groups in total. The summed E-state index contributed by atoms with van der Waals surface area (Å²) in [5.41, 5.74) is 0.239. The average Bonchev–Trinajstić information content (AvgIpc) is 2.26. The molecule has 1 rings (SSSR count). The van der Waals surface area contributed by atoms with Crippen molar-refractivity contribution in [1.29, 1.82) is 0 Å². The Bertz CT molecular complexity index is 442. The number of ether oxygens (including phenoxy) is 1. The summed E-state index contributed by atoms with van der Waals surface area (Å²) < 4.78 is 16.3. The third-order valence-corrected chi connectivity index (χ3v) is 3.07. The lowest BCUT2D eigenvalue weighted by atomic mass is 10.1. The van der Waals surface area contributed by atoms with Crippen LogP contribution < -0.4 is 5.32 Å². The number of benzene rings is 1. The molecule has 0 saturated carbocycles. The number of hydrogen-bond acceptors (Lipinski definition) is 3. The van der Waals surface area contributed by atoms with E-state index in [1.54, 1.807) is 20.8 Å². The number of carbonyl (C=O) groups is 1. The molecule has 0 aliphatic heterocycles. The zero-order valence-corrected chi connectivity index (χ0v) is 12.2. The molecule has 0 bridgehead atoms. The molecule has 1 aromatic rings. The maximum atomic E-state index is 11.6. The van der Waals surface area contributed by atoms with Gasteiger partial charge >= 0.3 is 14.1 Å². The summed E-state index contributed by atoms with van der Waals surface area (Å²) in [7, 11) is -2.52. The first kappa shape index (κ1) is 15.6. The van der Waals surface area contributed by atoms with E-state index in [0.717, 1.165) is 5.56 Å². The Labute approximate surface area is 113 Å². The number of rotatable bonds is 4. The van der Waals surface area contributed by atoms with Gasteiger partial charge in [-0.2, -0.15) is 4.89 Å². The summed E-state index contributed by atoms with van der Waals surface area (Å²) in [4.78, 5) is 20.9. The Kier molecular flexibility index (Phi) is 5.45. The van der Waals surface area contributed by atoms with Crippen LogP contribution in [-0.4, -0.2) is 22.4 Å². The van der Waals surface area contributed by atoms with Crippen LogP contribution >= 0.6 is 8.03 Å². The SMILES string of the molecule is CC(C)(C)OC(=O)N[C@@H](Cc1ccccc1)[P+](=O)O. The summed E-state index contributed by atoms with van der Waals surface area (Å²) in [6.45, 7) is 5.20. The molecule has 2 atom stereocenters.